The molecule has 2 N–H and O–H groups in total. The summed E-state index contributed by atoms with van der Waals surface area (Å²) in [5.74, 6) is -0.0994. The lowest BCUT2D eigenvalue weighted by atomic mass is 10.1. The van der Waals surface area contributed by atoms with Crippen LogP contribution in [-0.2, 0) is 16.1 Å². The summed E-state index contributed by atoms with van der Waals surface area (Å²) in [5.41, 5.74) is -0.650. The molecule has 1 fully saturated rings. The smallest absolute Gasteiger partial charge is 0.265 e. The van der Waals surface area contributed by atoms with E-state index in [0.29, 0.717) is 13.1 Å². The van der Waals surface area contributed by atoms with Crippen LogP contribution in [0.3, 0.4) is 0 Å². The molecule has 1 saturated heterocycles. The molecule has 0 spiro atoms. The van der Waals surface area contributed by atoms with Crippen LogP contribution < -0.4 is 16.4 Å². The van der Waals surface area contributed by atoms with Crippen molar-refractivity contribution in [3.63, 3.8) is 0 Å². The van der Waals surface area contributed by atoms with Crippen LogP contribution in [0.25, 0.3) is 0 Å². The second-order valence-corrected chi connectivity index (χ2v) is 5.98. The number of morpholine rings is 1. The second kappa shape index (κ2) is 7.56. The Morgan fingerprint density at radius 1 is 1.35 bits per heavy atom. The van der Waals surface area contributed by atoms with Crippen molar-refractivity contribution in [3.8, 4) is 0 Å². The predicted molar refractivity (Wildman–Crippen MR) is 85.4 cm³/mol. The van der Waals surface area contributed by atoms with Gasteiger partial charge in [-0.05, 0) is 20.8 Å². The minimum atomic E-state index is -0.347. The standard InChI is InChI=1S/C15H24N4O4/c1-10-8-18(9-11(2)23-10)12(3)15(22)16-6-7-19-14(21)5-4-13(20)17-19/h4-5,10-12H,6-9H2,1-3H3,(H,16,22)(H,17,20)/t10-,11+,12-/m0/s1. The number of nitrogens with one attached hydrogen (secondary N) is 2. The lowest BCUT2D eigenvalue weighted by molar-refractivity contribution is -0.131. The molecule has 1 amide bonds. The Balaban J connectivity index is 1.85. The van der Waals surface area contributed by atoms with E-state index >= 15 is 0 Å². The van der Waals surface area contributed by atoms with Crippen molar-refractivity contribution in [2.75, 3.05) is 19.6 Å². The van der Waals surface area contributed by atoms with Crippen molar-refractivity contribution < 1.29 is 9.53 Å². The molecule has 0 unspecified atom stereocenters. The Morgan fingerprint density at radius 2 is 2.00 bits per heavy atom. The number of nitrogens with zero attached hydrogens (tertiary/aromatic N) is 2. The molecule has 8 heteroatoms. The van der Waals surface area contributed by atoms with Crippen LogP contribution in [0.1, 0.15) is 20.8 Å². The van der Waals surface area contributed by atoms with E-state index in [4.69, 9.17) is 4.74 Å². The number of amides is 1. The highest BCUT2D eigenvalue weighted by Crippen LogP contribution is 2.13. The third kappa shape index (κ3) is 4.77. The zero-order valence-corrected chi connectivity index (χ0v) is 13.7. The number of rotatable bonds is 5. The molecule has 0 aliphatic carbocycles. The predicted octanol–water partition coefficient (Wildman–Crippen LogP) is -0.849. The quantitative estimate of drug-likeness (QED) is 0.735. The third-order valence-electron chi connectivity index (χ3n) is 3.90. The first-order valence-electron chi connectivity index (χ1n) is 7.84. The monoisotopic (exact) mass is 324 g/mol. The van der Waals surface area contributed by atoms with Gasteiger partial charge in [-0.25, -0.2) is 4.68 Å². The summed E-state index contributed by atoms with van der Waals surface area (Å²) in [4.78, 5) is 37.1. The number of hydrogen-bond donors (Lipinski definition) is 2. The summed E-state index contributed by atoms with van der Waals surface area (Å²) in [6, 6.07) is 2.12. The molecule has 1 aromatic heterocycles. The van der Waals surface area contributed by atoms with E-state index in [2.05, 4.69) is 15.3 Å². The Morgan fingerprint density at radius 3 is 2.65 bits per heavy atom. The number of carbonyl (C=O) groups excluding carboxylic acids is 1. The normalized spacial score (nSPS) is 23.4. The van der Waals surface area contributed by atoms with Crippen molar-refractivity contribution in [3.05, 3.63) is 32.8 Å². The lowest BCUT2D eigenvalue weighted by Gasteiger charge is -2.38. The van der Waals surface area contributed by atoms with Crippen LogP contribution in [0.4, 0.5) is 0 Å². The second-order valence-electron chi connectivity index (χ2n) is 5.98. The van der Waals surface area contributed by atoms with Gasteiger partial charge in [0, 0.05) is 31.8 Å². The fourth-order valence-corrected chi connectivity index (χ4v) is 2.77. The molecule has 0 aromatic carbocycles. The van der Waals surface area contributed by atoms with E-state index in [1.807, 2.05) is 20.8 Å². The van der Waals surface area contributed by atoms with Crippen molar-refractivity contribution >= 4 is 5.91 Å². The third-order valence-corrected chi connectivity index (χ3v) is 3.90. The van der Waals surface area contributed by atoms with Crippen LogP contribution in [0, 0.1) is 0 Å². The maximum absolute atomic E-state index is 12.2. The summed E-state index contributed by atoms with van der Waals surface area (Å²) in [6.07, 6.45) is 0.198. The summed E-state index contributed by atoms with van der Waals surface area (Å²) in [6.45, 7) is 7.77. The molecule has 0 bridgehead atoms. The first-order chi connectivity index (χ1) is 10.9. The van der Waals surface area contributed by atoms with Gasteiger partial charge in [-0.1, -0.05) is 0 Å². The fourth-order valence-electron chi connectivity index (χ4n) is 2.77. The van der Waals surface area contributed by atoms with E-state index in [1.165, 1.54) is 16.8 Å². The zero-order valence-electron chi connectivity index (χ0n) is 13.7. The van der Waals surface area contributed by atoms with Gasteiger partial charge in [-0.15, -0.1) is 0 Å². The molecule has 128 valence electrons. The number of H-pyrrole nitrogens is 1. The van der Waals surface area contributed by atoms with E-state index in [-0.39, 0.29) is 48.4 Å². The molecule has 8 nitrogen and oxygen atoms in total. The molecular formula is C15H24N4O4. The molecule has 23 heavy (non-hydrogen) atoms. The van der Waals surface area contributed by atoms with Gasteiger partial charge in [-0.3, -0.25) is 24.4 Å². The molecule has 2 heterocycles. The SMILES string of the molecule is C[C@@H]1CN([C@@H](C)C(=O)NCCn2[nH]c(=O)ccc2=O)C[C@H](C)O1. The van der Waals surface area contributed by atoms with Crippen LogP contribution >= 0.6 is 0 Å². The van der Waals surface area contributed by atoms with E-state index in [9.17, 15) is 14.4 Å². The summed E-state index contributed by atoms with van der Waals surface area (Å²) >= 11 is 0. The Hall–Kier alpha value is -1.93. The average molecular weight is 324 g/mol. The molecule has 1 aromatic rings. The summed E-state index contributed by atoms with van der Waals surface area (Å²) in [7, 11) is 0. The van der Waals surface area contributed by atoms with Gasteiger partial charge in [0.1, 0.15) is 0 Å². The maximum atomic E-state index is 12.2. The van der Waals surface area contributed by atoms with Crippen molar-refractivity contribution in [2.45, 2.75) is 45.6 Å². The number of aromatic amines is 1. The first kappa shape index (κ1) is 17.4. The Kier molecular flexibility index (Phi) is 5.73. The van der Waals surface area contributed by atoms with Gasteiger partial charge in [-0.2, -0.15) is 0 Å². The number of hydrogen-bond acceptors (Lipinski definition) is 5. The minimum absolute atomic E-state index is 0.0990. The summed E-state index contributed by atoms with van der Waals surface area (Å²) in [5, 5.41) is 5.23. The Bertz CT molecular complexity index is 643. The topological polar surface area (TPSA) is 96.4 Å². The van der Waals surface area contributed by atoms with Gasteiger partial charge in [0.05, 0.1) is 24.8 Å². The number of ether oxygens (including phenoxy) is 1. The Labute approximate surface area is 134 Å². The van der Waals surface area contributed by atoms with Crippen LogP contribution in [0.2, 0.25) is 0 Å². The molecule has 1 aliphatic rings. The number of carbonyl (C=O) groups is 1. The van der Waals surface area contributed by atoms with E-state index in [0.717, 1.165) is 0 Å². The molecule has 0 radical (unpaired) electrons. The highest BCUT2D eigenvalue weighted by molar-refractivity contribution is 5.81. The highest BCUT2D eigenvalue weighted by atomic mass is 16.5. The first-order valence-corrected chi connectivity index (χ1v) is 7.84. The van der Waals surface area contributed by atoms with Crippen molar-refractivity contribution in [2.24, 2.45) is 0 Å². The highest BCUT2D eigenvalue weighted by Gasteiger charge is 2.28. The number of aromatic nitrogens is 2. The van der Waals surface area contributed by atoms with Gasteiger partial charge < -0.3 is 10.1 Å². The lowest BCUT2D eigenvalue weighted by Crippen LogP contribution is -2.54. The average Bonchev–Trinajstić information content (AvgIpc) is 2.48. The van der Waals surface area contributed by atoms with Crippen LogP contribution in [0.15, 0.2) is 21.7 Å². The molecule has 0 saturated carbocycles. The molecule has 3 atom stereocenters. The fraction of sp³-hybridized carbons (Fsp3) is 0.667. The minimum Gasteiger partial charge on any atom is -0.373 e. The van der Waals surface area contributed by atoms with E-state index < -0.39 is 0 Å². The summed E-state index contributed by atoms with van der Waals surface area (Å²) < 4.78 is 6.85. The van der Waals surface area contributed by atoms with E-state index in [1.54, 1.807) is 0 Å². The largest absolute Gasteiger partial charge is 0.373 e. The molecule has 2 rings (SSSR count). The van der Waals surface area contributed by atoms with Crippen LogP contribution in [-0.4, -0.2) is 58.5 Å². The van der Waals surface area contributed by atoms with Gasteiger partial charge in [0.25, 0.3) is 11.1 Å². The van der Waals surface area contributed by atoms with Gasteiger partial charge >= 0.3 is 0 Å². The van der Waals surface area contributed by atoms with Crippen molar-refractivity contribution in [1.29, 1.82) is 0 Å². The van der Waals surface area contributed by atoms with Crippen LogP contribution in [0.5, 0.6) is 0 Å². The maximum Gasteiger partial charge on any atom is 0.265 e. The zero-order chi connectivity index (χ0) is 17.0. The van der Waals surface area contributed by atoms with Gasteiger partial charge in [0.15, 0.2) is 0 Å². The van der Waals surface area contributed by atoms with Crippen molar-refractivity contribution in [1.82, 2.24) is 20.0 Å². The van der Waals surface area contributed by atoms with Gasteiger partial charge in [0.2, 0.25) is 5.91 Å². The molecule has 1 aliphatic heterocycles. The molecular weight excluding hydrogens is 300 g/mol.